The molecule has 0 bridgehead atoms. The van der Waals surface area contributed by atoms with Crippen molar-refractivity contribution >= 4 is 0 Å². The minimum absolute atomic E-state index is 0.626. The first kappa shape index (κ1) is 13.6. The number of ether oxygens (including phenoxy) is 1. The van der Waals surface area contributed by atoms with Crippen molar-refractivity contribution in [3.05, 3.63) is 35.4 Å². The molecule has 1 atom stereocenters. The number of rotatable bonds is 8. The Morgan fingerprint density at radius 1 is 1.28 bits per heavy atom. The van der Waals surface area contributed by atoms with Gasteiger partial charge in [0, 0.05) is 26.3 Å². The van der Waals surface area contributed by atoms with E-state index in [0.717, 1.165) is 25.6 Å². The van der Waals surface area contributed by atoms with Gasteiger partial charge in [0.25, 0.3) is 0 Å². The highest BCUT2D eigenvalue weighted by Gasteiger charge is 2.22. The number of hydrogen-bond donors (Lipinski definition) is 1. The van der Waals surface area contributed by atoms with E-state index in [1.54, 1.807) is 7.11 Å². The molecule has 0 spiro atoms. The van der Waals surface area contributed by atoms with E-state index in [2.05, 4.69) is 36.5 Å². The van der Waals surface area contributed by atoms with Crippen LogP contribution >= 0.6 is 0 Å². The molecule has 2 nitrogen and oxygen atoms in total. The van der Waals surface area contributed by atoms with Gasteiger partial charge in [-0.05, 0) is 44.1 Å². The first-order valence-electron chi connectivity index (χ1n) is 7.08. The van der Waals surface area contributed by atoms with E-state index in [1.807, 2.05) is 0 Å². The van der Waals surface area contributed by atoms with Crippen LogP contribution in [0.5, 0.6) is 0 Å². The third-order valence-electron chi connectivity index (χ3n) is 3.68. The summed E-state index contributed by atoms with van der Waals surface area (Å²) in [5.41, 5.74) is 2.80. The van der Waals surface area contributed by atoms with Crippen molar-refractivity contribution in [2.24, 2.45) is 0 Å². The van der Waals surface area contributed by atoms with Gasteiger partial charge in [-0.3, -0.25) is 0 Å². The number of nitrogens with one attached hydrogen (secondary N) is 1. The van der Waals surface area contributed by atoms with Crippen LogP contribution in [0.25, 0.3) is 0 Å². The van der Waals surface area contributed by atoms with Crippen LogP contribution in [0.15, 0.2) is 24.3 Å². The summed E-state index contributed by atoms with van der Waals surface area (Å²) in [5.74, 6) is 0.626. The third-order valence-corrected chi connectivity index (χ3v) is 3.68. The first-order chi connectivity index (χ1) is 8.79. The minimum atomic E-state index is 0.626. The maximum Gasteiger partial charge on any atom is 0.0462 e. The minimum Gasteiger partial charge on any atom is -0.385 e. The summed E-state index contributed by atoms with van der Waals surface area (Å²) in [7, 11) is 1.78. The molecule has 0 amide bonds. The SMILES string of the molecule is COCCCC(CNC1CC1)c1ccc(C)cc1. The lowest BCUT2D eigenvalue weighted by Gasteiger charge is -2.18. The number of benzene rings is 1. The smallest absolute Gasteiger partial charge is 0.0462 e. The third kappa shape index (κ3) is 4.43. The molecule has 1 saturated carbocycles. The molecule has 1 unspecified atom stereocenters. The lowest BCUT2D eigenvalue weighted by atomic mass is 9.93. The Bertz CT molecular complexity index is 343. The van der Waals surface area contributed by atoms with Gasteiger partial charge < -0.3 is 10.1 Å². The fourth-order valence-electron chi connectivity index (χ4n) is 2.30. The van der Waals surface area contributed by atoms with Gasteiger partial charge in [-0.25, -0.2) is 0 Å². The van der Waals surface area contributed by atoms with Crippen molar-refractivity contribution in [1.82, 2.24) is 5.32 Å². The summed E-state index contributed by atoms with van der Waals surface area (Å²) in [5, 5.41) is 3.66. The van der Waals surface area contributed by atoms with E-state index in [9.17, 15) is 0 Å². The van der Waals surface area contributed by atoms with Gasteiger partial charge in [0.2, 0.25) is 0 Å². The van der Waals surface area contributed by atoms with E-state index < -0.39 is 0 Å². The quantitative estimate of drug-likeness (QED) is 0.712. The largest absolute Gasteiger partial charge is 0.385 e. The number of methoxy groups -OCH3 is 1. The zero-order valence-electron chi connectivity index (χ0n) is 11.6. The Labute approximate surface area is 111 Å². The highest BCUT2D eigenvalue weighted by molar-refractivity contribution is 5.24. The van der Waals surface area contributed by atoms with Crippen LogP contribution in [0.1, 0.15) is 42.7 Å². The summed E-state index contributed by atoms with van der Waals surface area (Å²) in [6, 6.07) is 9.79. The Morgan fingerprint density at radius 2 is 2.00 bits per heavy atom. The summed E-state index contributed by atoms with van der Waals surface area (Å²) >= 11 is 0. The number of hydrogen-bond acceptors (Lipinski definition) is 2. The number of aryl methyl sites for hydroxylation is 1. The van der Waals surface area contributed by atoms with E-state index in [-0.39, 0.29) is 0 Å². The molecule has 1 aliphatic carbocycles. The second-order valence-electron chi connectivity index (χ2n) is 5.43. The second kappa shape index (κ2) is 6.91. The fourth-order valence-corrected chi connectivity index (χ4v) is 2.30. The Kier molecular flexibility index (Phi) is 5.21. The van der Waals surface area contributed by atoms with E-state index in [1.165, 1.54) is 30.4 Å². The van der Waals surface area contributed by atoms with Crippen molar-refractivity contribution in [1.29, 1.82) is 0 Å². The summed E-state index contributed by atoms with van der Waals surface area (Å²) in [6.07, 6.45) is 5.06. The van der Waals surface area contributed by atoms with Crippen LogP contribution in [-0.4, -0.2) is 26.3 Å². The Hall–Kier alpha value is -0.860. The Balaban J connectivity index is 1.90. The van der Waals surface area contributed by atoms with Crippen LogP contribution in [0, 0.1) is 6.92 Å². The molecule has 2 rings (SSSR count). The van der Waals surface area contributed by atoms with Crippen LogP contribution in [0.2, 0.25) is 0 Å². The van der Waals surface area contributed by atoms with Gasteiger partial charge in [-0.1, -0.05) is 29.8 Å². The standard InChI is InChI=1S/C16H25NO/c1-13-5-7-14(8-6-13)15(4-3-11-18-2)12-17-16-9-10-16/h5-8,15-17H,3-4,9-12H2,1-2H3. The topological polar surface area (TPSA) is 21.3 Å². The molecular weight excluding hydrogens is 222 g/mol. The van der Waals surface area contributed by atoms with E-state index in [0.29, 0.717) is 5.92 Å². The lowest BCUT2D eigenvalue weighted by molar-refractivity contribution is 0.190. The van der Waals surface area contributed by atoms with Crippen LogP contribution < -0.4 is 5.32 Å². The van der Waals surface area contributed by atoms with Crippen LogP contribution in [0.4, 0.5) is 0 Å². The highest BCUT2D eigenvalue weighted by Crippen LogP contribution is 2.24. The average Bonchev–Trinajstić information content (AvgIpc) is 3.19. The molecule has 1 N–H and O–H groups in total. The van der Waals surface area contributed by atoms with Gasteiger partial charge in [0.05, 0.1) is 0 Å². The van der Waals surface area contributed by atoms with Crippen molar-refractivity contribution in [2.45, 2.75) is 44.6 Å². The molecule has 1 aliphatic rings. The molecule has 2 heteroatoms. The molecule has 100 valence electrons. The van der Waals surface area contributed by atoms with E-state index >= 15 is 0 Å². The molecule has 0 aliphatic heterocycles. The van der Waals surface area contributed by atoms with Crippen molar-refractivity contribution in [3.63, 3.8) is 0 Å². The average molecular weight is 247 g/mol. The summed E-state index contributed by atoms with van der Waals surface area (Å²) in [6.45, 7) is 4.12. The lowest BCUT2D eigenvalue weighted by Crippen LogP contribution is -2.23. The molecular formula is C16H25NO. The maximum atomic E-state index is 5.16. The molecule has 0 heterocycles. The zero-order chi connectivity index (χ0) is 12.8. The fraction of sp³-hybridized carbons (Fsp3) is 0.625. The van der Waals surface area contributed by atoms with Crippen molar-refractivity contribution < 1.29 is 4.74 Å². The molecule has 0 saturated heterocycles. The Morgan fingerprint density at radius 3 is 2.61 bits per heavy atom. The zero-order valence-corrected chi connectivity index (χ0v) is 11.6. The monoisotopic (exact) mass is 247 g/mol. The van der Waals surface area contributed by atoms with Gasteiger partial charge in [-0.2, -0.15) is 0 Å². The summed E-state index contributed by atoms with van der Waals surface area (Å²) in [4.78, 5) is 0. The van der Waals surface area contributed by atoms with Crippen LogP contribution in [-0.2, 0) is 4.74 Å². The first-order valence-corrected chi connectivity index (χ1v) is 7.08. The normalized spacial score (nSPS) is 16.8. The van der Waals surface area contributed by atoms with Gasteiger partial charge in [-0.15, -0.1) is 0 Å². The predicted molar refractivity (Wildman–Crippen MR) is 76.1 cm³/mol. The van der Waals surface area contributed by atoms with Crippen molar-refractivity contribution in [3.8, 4) is 0 Å². The van der Waals surface area contributed by atoms with Crippen molar-refractivity contribution in [2.75, 3.05) is 20.3 Å². The van der Waals surface area contributed by atoms with E-state index in [4.69, 9.17) is 4.74 Å². The van der Waals surface area contributed by atoms with Gasteiger partial charge in [0.1, 0.15) is 0 Å². The van der Waals surface area contributed by atoms with Gasteiger partial charge >= 0.3 is 0 Å². The molecule has 1 aromatic rings. The molecule has 18 heavy (non-hydrogen) atoms. The van der Waals surface area contributed by atoms with Gasteiger partial charge in [0.15, 0.2) is 0 Å². The maximum absolute atomic E-state index is 5.16. The predicted octanol–water partition coefficient (Wildman–Crippen LogP) is 3.26. The molecule has 0 aromatic heterocycles. The molecule has 1 fully saturated rings. The summed E-state index contributed by atoms with van der Waals surface area (Å²) < 4.78 is 5.16. The van der Waals surface area contributed by atoms with Crippen LogP contribution in [0.3, 0.4) is 0 Å². The molecule has 0 radical (unpaired) electrons. The second-order valence-corrected chi connectivity index (χ2v) is 5.43. The highest BCUT2D eigenvalue weighted by atomic mass is 16.5. The molecule has 1 aromatic carbocycles.